The summed E-state index contributed by atoms with van der Waals surface area (Å²) in [4.78, 5) is 2.72. The van der Waals surface area contributed by atoms with Crippen LogP contribution >= 0.6 is 15.9 Å². The van der Waals surface area contributed by atoms with Crippen molar-refractivity contribution in [3.05, 3.63) is 28.2 Å². The average molecular weight is 375 g/mol. The first-order chi connectivity index (χ1) is 9.86. The first-order valence-corrected chi connectivity index (χ1v) is 9.60. The molecule has 0 radical (unpaired) electrons. The average Bonchev–Trinajstić information content (AvgIpc) is 2.46. The SMILES string of the molecule is CCC(C)N1CCN(S(=O)(=O)c2ccc(C)cc2Br)CC1. The number of hydrogen-bond acceptors (Lipinski definition) is 3. The van der Waals surface area contributed by atoms with Crippen LogP contribution < -0.4 is 0 Å². The number of piperazine rings is 1. The van der Waals surface area contributed by atoms with E-state index in [-0.39, 0.29) is 0 Å². The topological polar surface area (TPSA) is 40.6 Å². The zero-order valence-corrected chi connectivity index (χ0v) is 15.2. The van der Waals surface area contributed by atoms with Crippen LogP contribution in [-0.2, 0) is 10.0 Å². The van der Waals surface area contributed by atoms with E-state index in [0.29, 0.717) is 28.5 Å². The summed E-state index contributed by atoms with van der Waals surface area (Å²) in [6.45, 7) is 9.04. The van der Waals surface area contributed by atoms with Gasteiger partial charge in [-0.2, -0.15) is 4.31 Å². The fourth-order valence-corrected chi connectivity index (χ4v) is 5.17. The van der Waals surface area contributed by atoms with E-state index >= 15 is 0 Å². The van der Waals surface area contributed by atoms with Crippen LogP contribution in [0.15, 0.2) is 27.6 Å². The van der Waals surface area contributed by atoms with Crippen molar-refractivity contribution in [3.63, 3.8) is 0 Å². The summed E-state index contributed by atoms with van der Waals surface area (Å²) in [7, 11) is -3.41. The first-order valence-electron chi connectivity index (χ1n) is 7.36. The molecule has 1 fully saturated rings. The fraction of sp³-hybridized carbons (Fsp3) is 0.600. The Kier molecular flexibility index (Phi) is 5.46. The molecule has 1 aromatic rings. The zero-order chi connectivity index (χ0) is 15.6. The van der Waals surface area contributed by atoms with Crippen molar-refractivity contribution in [1.29, 1.82) is 0 Å². The number of hydrogen-bond donors (Lipinski definition) is 0. The second kappa shape index (κ2) is 6.77. The number of nitrogens with zero attached hydrogens (tertiary/aromatic N) is 2. The Morgan fingerprint density at radius 3 is 2.38 bits per heavy atom. The normalized spacial score (nSPS) is 19.6. The summed E-state index contributed by atoms with van der Waals surface area (Å²) < 4.78 is 27.7. The molecule has 4 nitrogen and oxygen atoms in total. The molecule has 1 unspecified atom stereocenters. The van der Waals surface area contributed by atoms with Crippen LogP contribution in [0.4, 0.5) is 0 Å². The van der Waals surface area contributed by atoms with Gasteiger partial charge in [-0.1, -0.05) is 13.0 Å². The number of benzene rings is 1. The molecule has 0 N–H and O–H groups in total. The fourth-order valence-electron chi connectivity index (χ4n) is 2.60. The van der Waals surface area contributed by atoms with Gasteiger partial charge in [0.1, 0.15) is 0 Å². The molecule has 0 amide bonds. The van der Waals surface area contributed by atoms with Crippen LogP contribution in [0.3, 0.4) is 0 Å². The Hall–Kier alpha value is -0.430. The maximum atomic E-state index is 12.7. The molecular weight excluding hydrogens is 352 g/mol. The quantitative estimate of drug-likeness (QED) is 0.813. The zero-order valence-electron chi connectivity index (χ0n) is 12.8. The highest BCUT2D eigenvalue weighted by Gasteiger charge is 2.30. The van der Waals surface area contributed by atoms with Gasteiger partial charge in [0.15, 0.2) is 0 Å². The van der Waals surface area contributed by atoms with Gasteiger partial charge in [0.05, 0.1) is 4.90 Å². The van der Waals surface area contributed by atoms with Crippen LogP contribution in [0.1, 0.15) is 25.8 Å². The van der Waals surface area contributed by atoms with Crippen molar-refractivity contribution < 1.29 is 8.42 Å². The molecule has 6 heteroatoms. The van der Waals surface area contributed by atoms with E-state index in [2.05, 4.69) is 34.7 Å². The van der Waals surface area contributed by atoms with Gasteiger partial charge in [-0.3, -0.25) is 4.90 Å². The van der Waals surface area contributed by atoms with Crippen molar-refractivity contribution in [3.8, 4) is 0 Å². The number of rotatable bonds is 4. The number of aryl methyl sites for hydroxylation is 1. The summed E-state index contributed by atoms with van der Waals surface area (Å²) in [5.41, 5.74) is 1.04. The molecule has 0 bridgehead atoms. The molecule has 0 aliphatic carbocycles. The third kappa shape index (κ3) is 3.67. The van der Waals surface area contributed by atoms with Gasteiger partial charge in [0.2, 0.25) is 10.0 Å². The van der Waals surface area contributed by atoms with Gasteiger partial charge in [-0.05, 0) is 53.9 Å². The Balaban J connectivity index is 2.15. The molecule has 1 heterocycles. The minimum Gasteiger partial charge on any atom is -0.298 e. The van der Waals surface area contributed by atoms with Gasteiger partial charge >= 0.3 is 0 Å². The van der Waals surface area contributed by atoms with E-state index < -0.39 is 10.0 Å². The Bertz CT molecular complexity index is 596. The molecule has 1 saturated heterocycles. The second-order valence-corrected chi connectivity index (χ2v) is 8.39. The monoisotopic (exact) mass is 374 g/mol. The molecule has 1 aliphatic rings. The van der Waals surface area contributed by atoms with Gasteiger partial charge in [-0.25, -0.2) is 8.42 Å². The number of halogens is 1. The third-order valence-corrected chi connectivity index (χ3v) is 7.07. The molecule has 1 aliphatic heterocycles. The molecular formula is C15H23BrN2O2S. The number of sulfonamides is 1. The molecule has 1 atom stereocenters. The van der Waals surface area contributed by atoms with Crippen molar-refractivity contribution in [2.45, 2.75) is 38.1 Å². The van der Waals surface area contributed by atoms with Gasteiger partial charge in [0, 0.05) is 36.7 Å². The van der Waals surface area contributed by atoms with Gasteiger partial charge in [-0.15, -0.1) is 0 Å². The van der Waals surface area contributed by atoms with Gasteiger partial charge in [0.25, 0.3) is 0 Å². The lowest BCUT2D eigenvalue weighted by Gasteiger charge is -2.37. The standard InChI is InChI=1S/C15H23BrN2O2S/c1-4-13(3)17-7-9-18(10-8-17)21(19,20)15-6-5-12(2)11-14(15)16/h5-6,11,13H,4,7-10H2,1-3H3. The summed E-state index contributed by atoms with van der Waals surface area (Å²) in [5.74, 6) is 0. The maximum absolute atomic E-state index is 12.7. The molecule has 1 aromatic carbocycles. The van der Waals surface area contributed by atoms with Crippen LogP contribution in [0.2, 0.25) is 0 Å². The second-order valence-electron chi connectivity index (χ2n) is 5.63. The van der Waals surface area contributed by atoms with E-state index in [4.69, 9.17) is 0 Å². The van der Waals surface area contributed by atoms with Crippen molar-refractivity contribution >= 4 is 26.0 Å². The van der Waals surface area contributed by atoms with E-state index in [1.807, 2.05) is 19.1 Å². The van der Waals surface area contributed by atoms with Crippen LogP contribution in [0, 0.1) is 6.92 Å². The van der Waals surface area contributed by atoms with Crippen molar-refractivity contribution in [2.24, 2.45) is 0 Å². The summed E-state index contributed by atoms with van der Waals surface area (Å²) in [5, 5.41) is 0. The lowest BCUT2D eigenvalue weighted by Crippen LogP contribution is -2.51. The molecule has 0 spiro atoms. The first kappa shape index (κ1) is 16.9. The lowest BCUT2D eigenvalue weighted by molar-refractivity contribution is 0.142. The summed E-state index contributed by atoms with van der Waals surface area (Å²) in [6, 6.07) is 5.89. The van der Waals surface area contributed by atoms with Crippen LogP contribution in [0.5, 0.6) is 0 Å². The Labute approximate surface area is 136 Å². The molecule has 0 aromatic heterocycles. The largest absolute Gasteiger partial charge is 0.298 e. The highest BCUT2D eigenvalue weighted by molar-refractivity contribution is 9.10. The molecule has 118 valence electrons. The Morgan fingerprint density at radius 2 is 1.86 bits per heavy atom. The summed E-state index contributed by atoms with van der Waals surface area (Å²) in [6.07, 6.45) is 1.09. The lowest BCUT2D eigenvalue weighted by atomic mass is 10.2. The highest BCUT2D eigenvalue weighted by Crippen LogP contribution is 2.27. The third-order valence-electron chi connectivity index (χ3n) is 4.19. The summed E-state index contributed by atoms with van der Waals surface area (Å²) >= 11 is 3.38. The smallest absolute Gasteiger partial charge is 0.244 e. The molecule has 0 saturated carbocycles. The predicted molar refractivity (Wildman–Crippen MR) is 89.0 cm³/mol. The van der Waals surface area contributed by atoms with Crippen LogP contribution in [-0.4, -0.2) is 49.8 Å². The Morgan fingerprint density at radius 1 is 1.24 bits per heavy atom. The van der Waals surface area contributed by atoms with Gasteiger partial charge < -0.3 is 0 Å². The highest BCUT2D eigenvalue weighted by atomic mass is 79.9. The van der Waals surface area contributed by atoms with E-state index in [0.717, 1.165) is 25.1 Å². The molecule has 21 heavy (non-hydrogen) atoms. The van der Waals surface area contributed by atoms with Crippen LogP contribution in [0.25, 0.3) is 0 Å². The molecule has 2 rings (SSSR count). The van der Waals surface area contributed by atoms with E-state index in [1.54, 1.807) is 10.4 Å². The van der Waals surface area contributed by atoms with Crippen molar-refractivity contribution in [1.82, 2.24) is 9.21 Å². The minimum absolute atomic E-state index is 0.366. The van der Waals surface area contributed by atoms with Crippen molar-refractivity contribution in [2.75, 3.05) is 26.2 Å². The minimum atomic E-state index is -3.41. The van der Waals surface area contributed by atoms with E-state index in [1.165, 1.54) is 0 Å². The predicted octanol–water partition coefficient (Wildman–Crippen LogP) is 2.86. The maximum Gasteiger partial charge on any atom is 0.244 e. The van der Waals surface area contributed by atoms with E-state index in [9.17, 15) is 8.42 Å².